The van der Waals surface area contributed by atoms with Crippen LogP contribution in [0.4, 0.5) is 10.8 Å². The van der Waals surface area contributed by atoms with E-state index in [4.69, 9.17) is 0 Å². The molecule has 3 aromatic rings. The molecule has 25 heavy (non-hydrogen) atoms. The Balaban J connectivity index is 1.62. The highest BCUT2D eigenvalue weighted by Gasteiger charge is 2.19. The largest absolute Gasteiger partial charge is 0.351 e. The molecule has 0 aliphatic heterocycles. The molecule has 0 unspecified atom stereocenters. The summed E-state index contributed by atoms with van der Waals surface area (Å²) in [6.07, 6.45) is 1.93. The maximum atomic E-state index is 12.1. The molecule has 0 aliphatic rings. The number of nitrogens with zero attached hydrogens (tertiary/aromatic N) is 3. The summed E-state index contributed by atoms with van der Waals surface area (Å²) in [6.45, 7) is 8.46. The van der Waals surface area contributed by atoms with Crippen LogP contribution < -0.4 is 10.6 Å². The predicted octanol–water partition coefficient (Wildman–Crippen LogP) is 4.21. The third-order valence-electron chi connectivity index (χ3n) is 3.67. The van der Waals surface area contributed by atoms with Crippen molar-refractivity contribution < 1.29 is 4.79 Å². The van der Waals surface area contributed by atoms with E-state index in [1.165, 1.54) is 11.3 Å². The van der Waals surface area contributed by atoms with Crippen LogP contribution >= 0.6 is 27.3 Å². The molecule has 0 aliphatic carbocycles. The molecule has 1 aromatic carbocycles. The Morgan fingerprint density at radius 2 is 2.12 bits per heavy atom. The van der Waals surface area contributed by atoms with E-state index >= 15 is 0 Å². The Kier molecular flexibility index (Phi) is 4.83. The molecule has 1 amide bonds. The Bertz CT molecular complexity index is 893. The molecule has 2 heterocycles. The van der Waals surface area contributed by atoms with Crippen LogP contribution in [0.25, 0.3) is 4.96 Å². The van der Waals surface area contributed by atoms with E-state index < -0.39 is 0 Å². The molecule has 6 nitrogen and oxygen atoms in total. The Morgan fingerprint density at radius 1 is 1.36 bits per heavy atom. The zero-order valence-corrected chi connectivity index (χ0v) is 17.0. The fourth-order valence-electron chi connectivity index (χ4n) is 2.25. The summed E-state index contributed by atoms with van der Waals surface area (Å²) >= 11 is 4.84. The maximum absolute atomic E-state index is 12.1. The van der Waals surface area contributed by atoms with Gasteiger partial charge in [0.25, 0.3) is 0 Å². The number of hydrogen-bond acceptors (Lipinski definition) is 5. The number of carbonyl (C=O) groups excluding carboxylic acids is 1. The van der Waals surface area contributed by atoms with Crippen molar-refractivity contribution in [3.05, 3.63) is 40.1 Å². The summed E-state index contributed by atoms with van der Waals surface area (Å²) in [6, 6.07) is 5.74. The average molecular weight is 422 g/mol. The molecule has 0 fully saturated rings. The predicted molar refractivity (Wildman–Crippen MR) is 106 cm³/mol. The van der Waals surface area contributed by atoms with Crippen LogP contribution in [-0.2, 0) is 10.2 Å². The van der Waals surface area contributed by atoms with Crippen LogP contribution in [0.1, 0.15) is 32.0 Å². The van der Waals surface area contributed by atoms with E-state index in [0.717, 1.165) is 26.4 Å². The van der Waals surface area contributed by atoms with Gasteiger partial charge in [0.2, 0.25) is 16.0 Å². The van der Waals surface area contributed by atoms with Crippen LogP contribution in [0.2, 0.25) is 0 Å². The van der Waals surface area contributed by atoms with Gasteiger partial charge in [0.05, 0.1) is 18.4 Å². The number of rotatable bonds is 4. The van der Waals surface area contributed by atoms with Crippen molar-refractivity contribution in [2.24, 2.45) is 0 Å². The van der Waals surface area contributed by atoms with Gasteiger partial charge in [0.1, 0.15) is 0 Å². The molecule has 0 saturated heterocycles. The molecule has 0 atom stereocenters. The number of aromatic nitrogens is 3. The Hall–Kier alpha value is -1.93. The second-order valence-corrected chi connectivity index (χ2v) is 8.74. The van der Waals surface area contributed by atoms with Gasteiger partial charge < -0.3 is 10.6 Å². The zero-order chi connectivity index (χ0) is 18.2. The number of amides is 1. The summed E-state index contributed by atoms with van der Waals surface area (Å²) < 4.78 is 2.74. The second-order valence-electron chi connectivity index (χ2n) is 6.87. The number of hydrogen-bond donors (Lipinski definition) is 2. The first-order valence-electron chi connectivity index (χ1n) is 7.89. The van der Waals surface area contributed by atoms with Gasteiger partial charge in [0.15, 0.2) is 0 Å². The van der Waals surface area contributed by atoms with Gasteiger partial charge >= 0.3 is 0 Å². The van der Waals surface area contributed by atoms with Crippen LogP contribution in [0.5, 0.6) is 0 Å². The number of anilines is 2. The van der Waals surface area contributed by atoms with Crippen LogP contribution in [0, 0.1) is 6.92 Å². The fourth-order valence-corrected chi connectivity index (χ4v) is 3.50. The third-order valence-corrected chi connectivity index (χ3v) is 5.05. The average Bonchev–Trinajstić information content (AvgIpc) is 3.06. The van der Waals surface area contributed by atoms with Crippen molar-refractivity contribution in [1.29, 1.82) is 0 Å². The molecule has 0 radical (unpaired) electrons. The number of nitrogens with one attached hydrogen (secondary N) is 2. The first kappa shape index (κ1) is 17.9. The van der Waals surface area contributed by atoms with E-state index in [1.54, 1.807) is 4.52 Å². The molecule has 132 valence electrons. The number of imidazole rings is 1. The van der Waals surface area contributed by atoms with Crippen molar-refractivity contribution >= 4 is 49.0 Å². The van der Waals surface area contributed by atoms with E-state index in [2.05, 4.69) is 57.4 Å². The second kappa shape index (κ2) is 6.76. The lowest BCUT2D eigenvalue weighted by atomic mass is 9.93. The number of carbonyl (C=O) groups is 1. The minimum Gasteiger partial charge on any atom is -0.351 e. The number of fused-ring (bicyclic) bond motifs is 1. The van der Waals surface area contributed by atoms with E-state index in [-0.39, 0.29) is 17.9 Å². The molecule has 0 spiro atoms. The minimum atomic E-state index is -0.117. The molecular formula is C17H20BrN5OS. The lowest BCUT2D eigenvalue weighted by Crippen LogP contribution is -2.22. The maximum Gasteiger partial charge on any atom is 0.243 e. The topological polar surface area (TPSA) is 71.3 Å². The van der Waals surface area contributed by atoms with Crippen molar-refractivity contribution in [2.45, 2.75) is 33.1 Å². The first-order chi connectivity index (χ1) is 11.7. The zero-order valence-electron chi connectivity index (χ0n) is 14.6. The van der Waals surface area contributed by atoms with Gasteiger partial charge in [-0.15, -0.1) is 5.10 Å². The summed E-state index contributed by atoms with van der Waals surface area (Å²) in [5, 5.41) is 11.1. The van der Waals surface area contributed by atoms with Crippen molar-refractivity contribution in [2.75, 3.05) is 17.2 Å². The summed E-state index contributed by atoms with van der Waals surface area (Å²) in [7, 11) is 0. The smallest absolute Gasteiger partial charge is 0.243 e. The van der Waals surface area contributed by atoms with Crippen LogP contribution in [0.3, 0.4) is 0 Å². The number of benzene rings is 1. The van der Waals surface area contributed by atoms with Crippen molar-refractivity contribution in [3.63, 3.8) is 0 Å². The summed E-state index contributed by atoms with van der Waals surface area (Å²) in [5.41, 5.74) is 2.80. The van der Waals surface area contributed by atoms with Crippen molar-refractivity contribution in [3.8, 4) is 0 Å². The van der Waals surface area contributed by atoms with E-state index in [1.807, 2.05) is 31.3 Å². The lowest BCUT2D eigenvalue weighted by molar-refractivity contribution is -0.114. The van der Waals surface area contributed by atoms with E-state index in [9.17, 15) is 4.79 Å². The quantitative estimate of drug-likeness (QED) is 0.661. The highest BCUT2D eigenvalue weighted by Crippen LogP contribution is 2.25. The SMILES string of the molecule is Cc1cc(Br)ccc1NC(=O)CNc1nn2cc(C(C)(C)C)nc2s1. The van der Waals surface area contributed by atoms with Crippen LogP contribution in [0.15, 0.2) is 28.9 Å². The van der Waals surface area contributed by atoms with Gasteiger partial charge in [-0.3, -0.25) is 4.79 Å². The van der Waals surface area contributed by atoms with Crippen molar-refractivity contribution in [1.82, 2.24) is 14.6 Å². The molecule has 3 rings (SSSR count). The van der Waals surface area contributed by atoms with Gasteiger partial charge in [-0.1, -0.05) is 48.0 Å². The highest BCUT2D eigenvalue weighted by molar-refractivity contribution is 9.10. The normalized spacial score (nSPS) is 11.7. The van der Waals surface area contributed by atoms with Gasteiger partial charge in [-0.05, 0) is 30.7 Å². The monoisotopic (exact) mass is 421 g/mol. The Morgan fingerprint density at radius 3 is 2.76 bits per heavy atom. The lowest BCUT2D eigenvalue weighted by Gasteiger charge is -2.13. The first-order valence-corrected chi connectivity index (χ1v) is 9.50. The molecule has 0 saturated carbocycles. The fraction of sp³-hybridized carbons (Fsp3) is 0.353. The van der Waals surface area contributed by atoms with Gasteiger partial charge in [-0.25, -0.2) is 9.50 Å². The van der Waals surface area contributed by atoms with Gasteiger partial charge in [-0.2, -0.15) is 0 Å². The standard InChI is InChI=1S/C17H20BrN5OS/c1-10-7-11(18)5-6-12(10)20-14(24)8-19-15-22-23-9-13(17(2,3)4)21-16(23)25-15/h5-7,9H,8H2,1-4H3,(H,19,22)(H,20,24). The summed E-state index contributed by atoms with van der Waals surface area (Å²) in [5.74, 6) is -0.117. The number of aryl methyl sites for hydroxylation is 1. The minimum absolute atomic E-state index is 0.0105. The highest BCUT2D eigenvalue weighted by atomic mass is 79.9. The molecular weight excluding hydrogens is 402 g/mol. The number of halogens is 1. The third kappa shape index (κ3) is 4.19. The van der Waals surface area contributed by atoms with Crippen LogP contribution in [-0.4, -0.2) is 27.0 Å². The molecule has 2 N–H and O–H groups in total. The summed E-state index contributed by atoms with van der Waals surface area (Å²) in [4.78, 5) is 17.5. The van der Waals surface area contributed by atoms with E-state index in [0.29, 0.717) is 5.13 Å². The Labute approximate surface area is 158 Å². The molecule has 2 aromatic heterocycles. The molecule has 8 heteroatoms. The van der Waals surface area contributed by atoms with Gasteiger partial charge in [0, 0.05) is 15.6 Å². The molecule has 0 bridgehead atoms.